The van der Waals surface area contributed by atoms with E-state index in [1.165, 1.54) is 12.1 Å². The second-order valence-electron chi connectivity index (χ2n) is 8.31. The third-order valence-corrected chi connectivity index (χ3v) is 6.29. The Labute approximate surface area is 192 Å². The van der Waals surface area contributed by atoms with Gasteiger partial charge in [-0.25, -0.2) is 9.18 Å². The number of hydrogen-bond acceptors (Lipinski definition) is 4. The second-order valence-corrected chi connectivity index (χ2v) is 8.31. The Balaban J connectivity index is 1.52. The number of carbonyl (C=O) groups is 2. The van der Waals surface area contributed by atoms with Crippen LogP contribution in [0.15, 0.2) is 73.1 Å². The molecule has 1 aromatic heterocycles. The van der Waals surface area contributed by atoms with Crippen molar-refractivity contribution in [3.63, 3.8) is 0 Å². The summed E-state index contributed by atoms with van der Waals surface area (Å²) < 4.78 is 19.4. The maximum absolute atomic E-state index is 13.5. The minimum absolute atomic E-state index is 0.0661. The molecule has 2 N–H and O–H groups in total. The highest BCUT2D eigenvalue weighted by molar-refractivity contribution is 5.74. The van der Waals surface area contributed by atoms with Crippen molar-refractivity contribution in [2.24, 2.45) is 5.73 Å². The Morgan fingerprint density at radius 2 is 1.73 bits per heavy atom. The highest BCUT2D eigenvalue weighted by atomic mass is 19.1. The number of rotatable bonds is 7. The van der Waals surface area contributed by atoms with Gasteiger partial charge in [0.1, 0.15) is 11.4 Å². The number of primary amides is 1. The molecule has 1 aliphatic rings. The zero-order valence-corrected chi connectivity index (χ0v) is 18.4. The topological polar surface area (TPSA) is 85.5 Å². The van der Waals surface area contributed by atoms with Crippen LogP contribution in [0, 0.1) is 5.82 Å². The van der Waals surface area contributed by atoms with Crippen LogP contribution in [0.4, 0.5) is 9.18 Å². The summed E-state index contributed by atoms with van der Waals surface area (Å²) in [7, 11) is 0. The van der Waals surface area contributed by atoms with E-state index in [1.807, 2.05) is 43.3 Å². The predicted octanol–water partition coefficient (Wildman–Crippen LogP) is 4.95. The minimum Gasteiger partial charge on any atom is -0.438 e. The van der Waals surface area contributed by atoms with Gasteiger partial charge in [0.25, 0.3) is 0 Å². The molecule has 1 fully saturated rings. The van der Waals surface area contributed by atoms with E-state index < -0.39 is 17.6 Å². The van der Waals surface area contributed by atoms with Gasteiger partial charge >= 0.3 is 6.09 Å². The molecule has 2 aromatic carbocycles. The van der Waals surface area contributed by atoms with E-state index in [9.17, 15) is 14.0 Å². The van der Waals surface area contributed by atoms with E-state index in [0.717, 1.165) is 16.7 Å². The van der Waals surface area contributed by atoms with Gasteiger partial charge < -0.3 is 15.4 Å². The van der Waals surface area contributed by atoms with Crippen molar-refractivity contribution in [3.05, 3.63) is 90.0 Å². The molecule has 1 saturated heterocycles. The van der Waals surface area contributed by atoms with Crippen LogP contribution in [0.1, 0.15) is 43.4 Å². The maximum Gasteiger partial charge on any atom is 0.411 e. The lowest BCUT2D eigenvalue weighted by atomic mass is 9.84. The van der Waals surface area contributed by atoms with Gasteiger partial charge in [-0.1, -0.05) is 36.4 Å². The van der Waals surface area contributed by atoms with Gasteiger partial charge in [-0.2, -0.15) is 0 Å². The first-order chi connectivity index (χ1) is 15.9. The molecule has 0 unspecified atom stereocenters. The fourth-order valence-electron chi connectivity index (χ4n) is 4.30. The molecule has 0 bridgehead atoms. The van der Waals surface area contributed by atoms with Gasteiger partial charge in [0.2, 0.25) is 5.91 Å². The molecule has 4 rings (SSSR count). The first kappa shape index (κ1) is 22.5. The lowest BCUT2D eigenvalue weighted by Crippen LogP contribution is -2.49. The molecule has 33 heavy (non-hydrogen) atoms. The van der Waals surface area contributed by atoms with Crippen molar-refractivity contribution in [2.45, 2.75) is 37.8 Å². The molecule has 2 atom stereocenters. The third kappa shape index (κ3) is 4.87. The van der Waals surface area contributed by atoms with Crippen LogP contribution in [0.3, 0.4) is 0 Å². The average Bonchev–Trinajstić information content (AvgIpc) is 2.83. The number of pyridine rings is 1. The number of cyclic esters (lactones) is 1. The summed E-state index contributed by atoms with van der Waals surface area (Å²) in [6, 6.07) is 17.6. The van der Waals surface area contributed by atoms with Gasteiger partial charge in [-0.05, 0) is 53.4 Å². The van der Waals surface area contributed by atoms with Crippen molar-refractivity contribution in [2.75, 3.05) is 6.54 Å². The van der Waals surface area contributed by atoms with Crippen molar-refractivity contribution in [1.82, 2.24) is 9.88 Å². The minimum atomic E-state index is -1.01. The summed E-state index contributed by atoms with van der Waals surface area (Å²) in [6.07, 6.45) is 3.82. The summed E-state index contributed by atoms with van der Waals surface area (Å²) in [5, 5.41) is 0. The van der Waals surface area contributed by atoms with Crippen molar-refractivity contribution in [1.29, 1.82) is 0 Å². The van der Waals surface area contributed by atoms with Crippen LogP contribution in [0.25, 0.3) is 11.1 Å². The van der Waals surface area contributed by atoms with Crippen molar-refractivity contribution in [3.8, 4) is 11.1 Å². The van der Waals surface area contributed by atoms with E-state index >= 15 is 0 Å². The summed E-state index contributed by atoms with van der Waals surface area (Å²) in [5.41, 5.74) is 8.12. The zero-order valence-electron chi connectivity index (χ0n) is 18.4. The molecule has 0 aliphatic carbocycles. The Morgan fingerprint density at radius 1 is 1.09 bits per heavy atom. The Morgan fingerprint density at radius 3 is 2.33 bits per heavy atom. The first-order valence-corrected chi connectivity index (χ1v) is 10.9. The van der Waals surface area contributed by atoms with Gasteiger partial charge in [-0.15, -0.1) is 0 Å². The van der Waals surface area contributed by atoms with E-state index in [2.05, 4.69) is 4.98 Å². The van der Waals surface area contributed by atoms with Gasteiger partial charge in [0, 0.05) is 38.2 Å². The van der Waals surface area contributed by atoms with E-state index in [4.69, 9.17) is 10.5 Å². The normalized spacial score (nSPS) is 19.1. The van der Waals surface area contributed by atoms with Gasteiger partial charge in [0.15, 0.2) is 0 Å². The summed E-state index contributed by atoms with van der Waals surface area (Å²) in [5.74, 6) is -0.853. The van der Waals surface area contributed by atoms with Gasteiger partial charge in [-0.3, -0.25) is 9.78 Å². The second kappa shape index (κ2) is 9.40. The van der Waals surface area contributed by atoms with Crippen LogP contribution >= 0.6 is 0 Å². The molecular weight excluding hydrogens is 421 g/mol. The number of nitrogens with two attached hydrogens (primary N) is 1. The molecule has 0 spiro atoms. The molecule has 3 aromatic rings. The summed E-state index contributed by atoms with van der Waals surface area (Å²) >= 11 is 0. The predicted molar refractivity (Wildman–Crippen MR) is 122 cm³/mol. The Hall–Kier alpha value is -3.74. The van der Waals surface area contributed by atoms with Crippen LogP contribution in [0.2, 0.25) is 0 Å². The highest BCUT2D eigenvalue weighted by Crippen LogP contribution is 2.40. The fourth-order valence-corrected chi connectivity index (χ4v) is 4.30. The lowest BCUT2D eigenvalue weighted by Gasteiger charge is -2.43. The number of benzene rings is 2. The molecule has 0 saturated carbocycles. The third-order valence-electron chi connectivity index (χ3n) is 6.29. The number of aromatic nitrogens is 1. The van der Waals surface area contributed by atoms with Crippen LogP contribution in [-0.4, -0.2) is 28.4 Å². The van der Waals surface area contributed by atoms with Crippen LogP contribution in [0.5, 0.6) is 0 Å². The van der Waals surface area contributed by atoms with E-state index in [1.54, 1.807) is 29.4 Å². The summed E-state index contributed by atoms with van der Waals surface area (Å²) in [6.45, 7) is 2.39. The van der Waals surface area contributed by atoms with Crippen LogP contribution in [-0.2, 0) is 15.1 Å². The van der Waals surface area contributed by atoms with Crippen LogP contribution < -0.4 is 5.73 Å². The van der Waals surface area contributed by atoms with Gasteiger partial charge in [0.05, 0.1) is 6.04 Å². The van der Waals surface area contributed by atoms with E-state index in [-0.39, 0.29) is 24.7 Å². The van der Waals surface area contributed by atoms with E-state index in [0.29, 0.717) is 18.5 Å². The largest absolute Gasteiger partial charge is 0.438 e. The highest BCUT2D eigenvalue weighted by Gasteiger charge is 2.43. The summed E-state index contributed by atoms with van der Waals surface area (Å²) in [4.78, 5) is 30.3. The molecule has 6 nitrogen and oxygen atoms in total. The zero-order chi connectivity index (χ0) is 23.4. The molecule has 2 heterocycles. The molecule has 1 aliphatic heterocycles. The number of ether oxygens (including phenoxy) is 1. The number of hydrogen-bond donors (Lipinski definition) is 1. The van der Waals surface area contributed by atoms with Crippen molar-refractivity contribution < 1.29 is 18.7 Å². The molecule has 2 amide bonds. The molecular formula is C26H26FN3O3. The first-order valence-electron chi connectivity index (χ1n) is 10.9. The smallest absolute Gasteiger partial charge is 0.411 e. The maximum atomic E-state index is 13.5. The molecule has 0 radical (unpaired) electrons. The monoisotopic (exact) mass is 447 g/mol. The lowest BCUT2D eigenvalue weighted by molar-refractivity contribution is -0.121. The Kier molecular flexibility index (Phi) is 6.40. The quantitative estimate of drug-likeness (QED) is 0.555. The average molecular weight is 448 g/mol. The number of halogens is 1. The number of nitrogens with zero attached hydrogens (tertiary/aromatic N) is 2. The number of amides is 2. The SMILES string of the molecule is C[C@@H](c1ccc(-c2ccncc2)cc1)N1CC[C@@](CCC(N)=O)(c2ccc(F)cc2)OC1=O. The molecule has 170 valence electrons. The standard InChI is InChI=1S/C26H26FN3O3/c1-18(19-2-4-20(5-3-19)21-11-15-29-16-12-21)30-17-14-26(33-25(30)32,13-10-24(28)31)22-6-8-23(27)9-7-22/h2-9,11-12,15-16,18H,10,13-14,17H2,1H3,(H2,28,31)/t18-,26-/m0/s1. The fraction of sp³-hybridized carbons (Fsp3) is 0.269. The number of carbonyl (C=O) groups excluding carboxylic acids is 2. The molecule has 7 heteroatoms. The van der Waals surface area contributed by atoms with Crippen molar-refractivity contribution >= 4 is 12.0 Å². The Bertz CT molecular complexity index is 1120.